The number of rotatable bonds is 5. The number of carbonyl (C=O) groups is 1. The van der Waals surface area contributed by atoms with E-state index in [1.807, 2.05) is 0 Å². The van der Waals surface area contributed by atoms with Crippen molar-refractivity contribution < 1.29 is 27.1 Å². The lowest BCUT2D eigenvalue weighted by Gasteiger charge is -2.48. The van der Waals surface area contributed by atoms with Crippen LogP contribution in [0.3, 0.4) is 0 Å². The van der Waals surface area contributed by atoms with Crippen molar-refractivity contribution in [1.29, 1.82) is 0 Å². The molecule has 0 saturated carbocycles. The lowest BCUT2D eigenvalue weighted by molar-refractivity contribution is -0.295. The molecule has 0 aliphatic heterocycles. The number of methoxy groups -OCH3 is 1. The summed E-state index contributed by atoms with van der Waals surface area (Å²) < 4.78 is 53.1. The Labute approximate surface area is 135 Å². The van der Waals surface area contributed by atoms with Crippen LogP contribution in [-0.2, 0) is 19.6 Å². The Morgan fingerprint density at radius 2 is 1.52 bits per heavy atom. The molecular formula is C16H23F3O3Si. The third kappa shape index (κ3) is 3.61. The first-order valence-electron chi connectivity index (χ1n) is 7.20. The van der Waals surface area contributed by atoms with Crippen molar-refractivity contribution in [2.75, 3.05) is 7.11 Å². The number of ether oxygens (including phenoxy) is 1. The minimum atomic E-state index is -4.80. The first-order valence-corrected chi connectivity index (χ1v) is 10.6. The molecule has 1 rings (SSSR count). The molecule has 1 atom stereocenters. The number of halogens is 3. The second-order valence-corrected chi connectivity index (χ2v) is 11.3. The van der Waals surface area contributed by atoms with Crippen molar-refractivity contribution in [1.82, 2.24) is 0 Å². The van der Waals surface area contributed by atoms with Gasteiger partial charge in [-0.3, -0.25) is 4.79 Å². The van der Waals surface area contributed by atoms with Crippen LogP contribution < -0.4 is 0 Å². The summed E-state index contributed by atoms with van der Waals surface area (Å²) >= 11 is 0. The van der Waals surface area contributed by atoms with Gasteiger partial charge in [-0.2, -0.15) is 13.2 Å². The highest BCUT2D eigenvalue weighted by atomic mass is 28.4. The van der Waals surface area contributed by atoms with Crippen LogP contribution in [-0.4, -0.2) is 27.6 Å². The molecule has 0 aromatic heterocycles. The third-order valence-electron chi connectivity index (χ3n) is 3.61. The molecule has 0 saturated heterocycles. The molecule has 0 heterocycles. The maximum Gasteiger partial charge on any atom is 0.421 e. The second-order valence-electron chi connectivity index (χ2n) is 6.88. The molecule has 0 fully saturated rings. The average molecular weight is 348 g/mol. The molecule has 0 radical (unpaired) electrons. The zero-order valence-corrected chi connectivity index (χ0v) is 15.2. The molecule has 0 bridgehead atoms. The number of alkyl halides is 3. The number of hydrogen-bond acceptors (Lipinski definition) is 3. The van der Waals surface area contributed by atoms with Gasteiger partial charge in [0.1, 0.15) is 5.41 Å². The van der Waals surface area contributed by atoms with Crippen LogP contribution in [0.25, 0.3) is 0 Å². The third-order valence-corrected chi connectivity index (χ3v) is 4.53. The predicted octanol–water partition coefficient (Wildman–Crippen LogP) is 4.49. The van der Waals surface area contributed by atoms with Crippen molar-refractivity contribution in [3.8, 4) is 0 Å². The molecule has 3 nitrogen and oxygen atoms in total. The van der Waals surface area contributed by atoms with Crippen LogP contribution in [0.4, 0.5) is 13.2 Å². The van der Waals surface area contributed by atoms with Gasteiger partial charge < -0.3 is 9.16 Å². The molecular weight excluding hydrogens is 325 g/mol. The smallest absolute Gasteiger partial charge is 0.421 e. The fraction of sp³-hybridized carbons (Fsp3) is 0.562. The molecule has 7 heteroatoms. The highest BCUT2D eigenvalue weighted by molar-refractivity contribution is 6.69. The van der Waals surface area contributed by atoms with Crippen molar-refractivity contribution in [2.45, 2.75) is 45.3 Å². The molecule has 130 valence electrons. The van der Waals surface area contributed by atoms with Crippen LogP contribution >= 0.6 is 0 Å². The van der Waals surface area contributed by atoms with E-state index in [1.54, 1.807) is 25.7 Å². The molecule has 23 heavy (non-hydrogen) atoms. The summed E-state index contributed by atoms with van der Waals surface area (Å²) in [7, 11) is -1.61. The summed E-state index contributed by atoms with van der Waals surface area (Å²) in [6.45, 7) is 7.39. The second kappa shape index (κ2) is 6.28. The van der Waals surface area contributed by atoms with Crippen LogP contribution in [0.15, 0.2) is 30.3 Å². The quantitative estimate of drug-likeness (QED) is 0.581. The Morgan fingerprint density at radius 3 is 1.87 bits per heavy atom. The molecule has 1 aromatic rings. The maximum absolute atomic E-state index is 14.3. The van der Waals surface area contributed by atoms with Gasteiger partial charge in [0.25, 0.3) is 0 Å². The number of carbonyl (C=O) groups excluding carboxylic acids is 1. The zero-order valence-electron chi connectivity index (χ0n) is 14.2. The Bertz CT molecular complexity index is 550. The normalized spacial score (nSPS) is 15.9. The summed E-state index contributed by atoms with van der Waals surface area (Å²) in [6.07, 6.45) is -4.80. The zero-order chi connectivity index (χ0) is 18.1. The molecule has 0 spiro atoms. The Morgan fingerprint density at radius 1 is 1.04 bits per heavy atom. The van der Waals surface area contributed by atoms with E-state index in [0.29, 0.717) is 0 Å². The van der Waals surface area contributed by atoms with Gasteiger partial charge in [-0.15, -0.1) is 0 Å². The van der Waals surface area contributed by atoms with Crippen LogP contribution in [0.5, 0.6) is 0 Å². The van der Waals surface area contributed by atoms with E-state index >= 15 is 0 Å². The van der Waals surface area contributed by atoms with Crippen molar-refractivity contribution in [3.63, 3.8) is 0 Å². The molecule has 0 aliphatic carbocycles. The van der Waals surface area contributed by atoms with Crippen LogP contribution in [0.2, 0.25) is 19.6 Å². The van der Waals surface area contributed by atoms with E-state index in [0.717, 1.165) is 7.11 Å². The van der Waals surface area contributed by atoms with Gasteiger partial charge in [0.2, 0.25) is 0 Å². The summed E-state index contributed by atoms with van der Waals surface area (Å²) in [5, 5.41) is 0. The van der Waals surface area contributed by atoms with Gasteiger partial charge in [0.15, 0.2) is 13.9 Å². The fourth-order valence-electron chi connectivity index (χ4n) is 2.65. The number of esters is 1. The van der Waals surface area contributed by atoms with Crippen LogP contribution in [0, 0.1) is 5.41 Å². The molecule has 0 aliphatic rings. The van der Waals surface area contributed by atoms with Crippen molar-refractivity contribution in [2.24, 2.45) is 5.41 Å². The molecule has 0 amide bonds. The lowest BCUT2D eigenvalue weighted by atomic mass is 9.70. The van der Waals surface area contributed by atoms with E-state index in [1.165, 1.54) is 38.1 Å². The highest BCUT2D eigenvalue weighted by Crippen LogP contribution is 2.55. The Hall–Kier alpha value is -1.34. The van der Waals surface area contributed by atoms with Gasteiger partial charge in [-0.25, -0.2) is 0 Å². The van der Waals surface area contributed by atoms with Crippen molar-refractivity contribution >= 4 is 14.3 Å². The Balaban J connectivity index is 3.78. The lowest BCUT2D eigenvalue weighted by Crippen LogP contribution is -2.61. The standard InChI is InChI=1S/C16H23F3O3Si/c1-14(2,13(20)21-3)15(16(17,18)19,22-23(4,5)6)12-10-8-7-9-11-12/h7-11H,1-6H3. The largest absolute Gasteiger partial charge is 0.469 e. The van der Waals surface area contributed by atoms with Gasteiger partial charge in [-0.1, -0.05) is 30.3 Å². The number of benzene rings is 1. The number of hydrogen-bond donors (Lipinski definition) is 0. The van der Waals surface area contributed by atoms with Crippen molar-refractivity contribution in [3.05, 3.63) is 35.9 Å². The van der Waals surface area contributed by atoms with Gasteiger partial charge in [-0.05, 0) is 39.1 Å². The van der Waals surface area contributed by atoms with Crippen LogP contribution in [0.1, 0.15) is 19.4 Å². The topological polar surface area (TPSA) is 35.5 Å². The SMILES string of the molecule is COC(=O)C(C)(C)C(O[Si](C)(C)C)(c1ccccc1)C(F)(F)F. The minimum Gasteiger partial charge on any atom is -0.469 e. The average Bonchev–Trinajstić information content (AvgIpc) is 2.42. The van der Waals surface area contributed by atoms with E-state index in [2.05, 4.69) is 4.74 Å². The van der Waals surface area contributed by atoms with E-state index < -0.39 is 31.5 Å². The monoisotopic (exact) mass is 348 g/mol. The summed E-state index contributed by atoms with van der Waals surface area (Å²) in [6, 6.07) is 7.27. The molecule has 0 N–H and O–H groups in total. The van der Waals surface area contributed by atoms with Gasteiger partial charge in [0.05, 0.1) is 7.11 Å². The van der Waals surface area contributed by atoms with Gasteiger partial charge >= 0.3 is 12.1 Å². The minimum absolute atomic E-state index is 0.106. The molecule has 1 unspecified atom stereocenters. The summed E-state index contributed by atoms with van der Waals surface area (Å²) in [5.41, 5.74) is -4.84. The maximum atomic E-state index is 14.3. The molecule has 1 aromatic carbocycles. The van der Waals surface area contributed by atoms with E-state index in [-0.39, 0.29) is 5.56 Å². The van der Waals surface area contributed by atoms with E-state index in [4.69, 9.17) is 4.43 Å². The fourth-order valence-corrected chi connectivity index (χ4v) is 4.06. The first kappa shape index (κ1) is 19.7. The predicted molar refractivity (Wildman–Crippen MR) is 84.4 cm³/mol. The first-order chi connectivity index (χ1) is 10.3. The Kier molecular flexibility index (Phi) is 5.38. The highest BCUT2D eigenvalue weighted by Gasteiger charge is 2.69. The van der Waals surface area contributed by atoms with E-state index in [9.17, 15) is 18.0 Å². The van der Waals surface area contributed by atoms with Gasteiger partial charge in [0, 0.05) is 0 Å². The summed E-state index contributed by atoms with van der Waals surface area (Å²) in [4.78, 5) is 12.2. The summed E-state index contributed by atoms with van der Waals surface area (Å²) in [5.74, 6) is -0.975.